The molecule has 0 radical (unpaired) electrons. The molecule has 0 amide bonds. The maximum atomic E-state index is 13.4. The number of benzene rings is 1. The first-order valence-corrected chi connectivity index (χ1v) is 8.52. The number of halogens is 1. The van der Waals surface area contributed by atoms with Crippen molar-refractivity contribution < 1.29 is 9.50 Å². The summed E-state index contributed by atoms with van der Waals surface area (Å²) in [6, 6.07) is 7.94. The minimum atomic E-state index is -0.298. The Balaban J connectivity index is 1.88. The maximum absolute atomic E-state index is 13.4. The summed E-state index contributed by atoms with van der Waals surface area (Å²) in [5.74, 6) is 0.400. The van der Waals surface area contributed by atoms with E-state index in [1.54, 1.807) is 30.6 Å². The van der Waals surface area contributed by atoms with Crippen molar-refractivity contribution >= 4 is 23.8 Å². The average molecular weight is 361 g/mol. The molecule has 0 saturated heterocycles. The fourth-order valence-electron chi connectivity index (χ4n) is 3.74. The van der Waals surface area contributed by atoms with Gasteiger partial charge in [-0.2, -0.15) is 0 Å². The summed E-state index contributed by atoms with van der Waals surface area (Å²) < 4.78 is 15.2. The second kappa shape index (κ2) is 5.44. The molecule has 4 heterocycles. The summed E-state index contributed by atoms with van der Waals surface area (Å²) in [5.41, 5.74) is 2.79. The number of H-pyrrole nitrogens is 1. The van der Waals surface area contributed by atoms with Crippen molar-refractivity contribution in [1.82, 2.24) is 9.55 Å². The second-order valence-electron chi connectivity index (χ2n) is 6.61. The molecule has 0 fully saturated rings. The van der Waals surface area contributed by atoms with Gasteiger partial charge in [-0.25, -0.2) is 9.38 Å². The van der Waals surface area contributed by atoms with E-state index < -0.39 is 0 Å². The standard InChI is InChI=1S/C20H16FN5O/c1-25-8-6-14(22)13-10-23-19-16-15(24-20(27)17(16)18(13)25)7-9-26(19)12-4-2-11(21)3-5-12/h2-8,10,22,24,27H,9H2,1H3. The number of rotatable bonds is 1. The van der Waals surface area contributed by atoms with Crippen LogP contribution in [0.2, 0.25) is 0 Å². The molecule has 2 aliphatic rings. The van der Waals surface area contributed by atoms with E-state index >= 15 is 0 Å². The van der Waals surface area contributed by atoms with Crippen molar-refractivity contribution in [3.05, 3.63) is 63.8 Å². The molecule has 0 bridgehead atoms. The third-order valence-corrected chi connectivity index (χ3v) is 5.02. The lowest BCUT2D eigenvalue weighted by molar-refractivity contribution is 0.457. The minimum absolute atomic E-state index is 0.0441. The van der Waals surface area contributed by atoms with Gasteiger partial charge in [0.25, 0.3) is 0 Å². The van der Waals surface area contributed by atoms with Crippen molar-refractivity contribution in [2.24, 2.45) is 12.0 Å². The molecule has 0 unspecified atom stereocenters. The van der Waals surface area contributed by atoms with E-state index in [9.17, 15) is 9.50 Å². The Morgan fingerprint density at radius 1 is 1.22 bits per heavy atom. The highest BCUT2D eigenvalue weighted by Gasteiger charge is 2.26. The van der Waals surface area contributed by atoms with Gasteiger partial charge in [-0.15, -0.1) is 0 Å². The van der Waals surface area contributed by atoms with Crippen LogP contribution in [0.15, 0.2) is 41.5 Å². The first-order valence-electron chi connectivity index (χ1n) is 8.52. The molecule has 6 nitrogen and oxygen atoms in total. The normalized spacial score (nSPS) is 14.4. The lowest BCUT2D eigenvalue weighted by atomic mass is 10.1. The molecule has 0 spiro atoms. The average Bonchev–Trinajstić information content (AvgIpc) is 2.86. The number of pyridine rings is 1. The number of anilines is 1. The van der Waals surface area contributed by atoms with Crippen LogP contribution in [0.25, 0.3) is 23.2 Å². The summed E-state index contributed by atoms with van der Waals surface area (Å²) in [7, 11) is 1.88. The van der Waals surface area contributed by atoms with Crippen LogP contribution < -0.4 is 20.8 Å². The molecule has 0 saturated carbocycles. The molecule has 2 aliphatic heterocycles. The Kier molecular flexibility index (Phi) is 3.15. The van der Waals surface area contributed by atoms with Crippen molar-refractivity contribution in [3.8, 4) is 17.1 Å². The van der Waals surface area contributed by atoms with Crippen LogP contribution in [0.1, 0.15) is 5.56 Å². The fraction of sp³-hybridized carbons (Fsp3) is 0.100. The largest absolute Gasteiger partial charge is 0.494 e. The molecule has 2 aromatic heterocycles. The summed E-state index contributed by atoms with van der Waals surface area (Å²) in [4.78, 5) is 9.66. The van der Waals surface area contributed by atoms with Gasteiger partial charge in [-0.3, -0.25) is 0 Å². The van der Waals surface area contributed by atoms with Gasteiger partial charge in [0, 0.05) is 37.3 Å². The Hall–Kier alpha value is -3.61. The van der Waals surface area contributed by atoms with Crippen LogP contribution in [0.4, 0.5) is 10.1 Å². The van der Waals surface area contributed by atoms with Crippen LogP contribution in [0.5, 0.6) is 5.88 Å². The summed E-state index contributed by atoms with van der Waals surface area (Å²) in [5, 5.41) is 20.8. The Morgan fingerprint density at radius 2 is 2.00 bits per heavy atom. The van der Waals surface area contributed by atoms with E-state index in [2.05, 4.69) is 9.98 Å². The SMILES string of the molecule is Cn1ccc(=N)c2c1-c1c(O)[nH]c3c1=C(N=C2)N(c1ccc(F)cc1)CC=3. The molecule has 3 aromatic rings. The molecule has 0 atom stereocenters. The molecule has 134 valence electrons. The van der Waals surface area contributed by atoms with Gasteiger partial charge < -0.3 is 25.0 Å². The number of aromatic nitrogens is 2. The molecule has 5 rings (SSSR count). The van der Waals surface area contributed by atoms with Crippen molar-refractivity contribution in [3.63, 3.8) is 0 Å². The van der Waals surface area contributed by atoms with Gasteiger partial charge in [0.2, 0.25) is 0 Å². The predicted octanol–water partition coefficient (Wildman–Crippen LogP) is 1.14. The fourth-order valence-corrected chi connectivity index (χ4v) is 3.74. The van der Waals surface area contributed by atoms with Gasteiger partial charge in [-0.05, 0) is 36.4 Å². The van der Waals surface area contributed by atoms with E-state index in [0.29, 0.717) is 28.8 Å². The lowest BCUT2D eigenvalue weighted by Gasteiger charge is -2.25. The van der Waals surface area contributed by atoms with Crippen LogP contribution >= 0.6 is 0 Å². The molecule has 0 aliphatic carbocycles. The number of aromatic amines is 1. The van der Waals surface area contributed by atoms with E-state index in [4.69, 9.17) is 5.41 Å². The minimum Gasteiger partial charge on any atom is -0.494 e. The molecule has 3 N–H and O–H groups in total. The number of aliphatic imine (C=N–C) groups is 1. The monoisotopic (exact) mass is 361 g/mol. The number of aromatic hydroxyl groups is 1. The van der Waals surface area contributed by atoms with Crippen LogP contribution in [-0.2, 0) is 7.05 Å². The molecule has 1 aromatic carbocycles. The Morgan fingerprint density at radius 3 is 2.78 bits per heavy atom. The van der Waals surface area contributed by atoms with Crippen LogP contribution in [0.3, 0.4) is 0 Å². The second-order valence-corrected chi connectivity index (χ2v) is 6.61. The summed E-state index contributed by atoms with van der Waals surface area (Å²) >= 11 is 0. The number of hydrogen-bond donors (Lipinski definition) is 3. The zero-order valence-corrected chi connectivity index (χ0v) is 14.5. The Bertz CT molecular complexity index is 1300. The van der Waals surface area contributed by atoms with Gasteiger partial charge in [0.15, 0.2) is 5.88 Å². The number of nitrogens with zero attached hydrogens (tertiary/aromatic N) is 3. The van der Waals surface area contributed by atoms with E-state index in [-0.39, 0.29) is 11.7 Å². The van der Waals surface area contributed by atoms with Gasteiger partial charge in [-0.1, -0.05) is 0 Å². The smallest absolute Gasteiger partial charge is 0.199 e. The molecular formula is C20H16FN5O. The number of aryl methyl sites for hydroxylation is 1. The van der Waals surface area contributed by atoms with Crippen LogP contribution in [0, 0.1) is 11.2 Å². The molecular weight excluding hydrogens is 345 g/mol. The van der Waals surface area contributed by atoms with Gasteiger partial charge in [0.1, 0.15) is 11.6 Å². The zero-order valence-electron chi connectivity index (χ0n) is 14.5. The quantitative estimate of drug-likeness (QED) is 0.608. The van der Waals surface area contributed by atoms with E-state index in [0.717, 1.165) is 21.9 Å². The molecule has 7 heteroatoms. The summed E-state index contributed by atoms with van der Waals surface area (Å²) in [6.07, 6.45) is 5.43. The maximum Gasteiger partial charge on any atom is 0.199 e. The molecule has 27 heavy (non-hydrogen) atoms. The van der Waals surface area contributed by atoms with Crippen molar-refractivity contribution in [2.45, 2.75) is 0 Å². The third kappa shape index (κ3) is 2.18. The van der Waals surface area contributed by atoms with E-state index in [1.807, 2.05) is 22.6 Å². The third-order valence-electron chi connectivity index (χ3n) is 5.02. The highest BCUT2D eigenvalue weighted by molar-refractivity contribution is 5.96. The topological polar surface area (TPSA) is 80.4 Å². The van der Waals surface area contributed by atoms with Crippen molar-refractivity contribution in [1.29, 1.82) is 5.41 Å². The van der Waals surface area contributed by atoms with E-state index in [1.165, 1.54) is 12.1 Å². The van der Waals surface area contributed by atoms with Gasteiger partial charge in [0.05, 0.1) is 27.2 Å². The number of hydrogen-bond acceptors (Lipinski definition) is 4. The van der Waals surface area contributed by atoms with Crippen molar-refractivity contribution in [2.75, 3.05) is 11.4 Å². The summed E-state index contributed by atoms with van der Waals surface area (Å²) in [6.45, 7) is 0.529. The Labute approximate surface area is 153 Å². The van der Waals surface area contributed by atoms with Gasteiger partial charge >= 0.3 is 0 Å². The number of nitrogens with one attached hydrogen (secondary N) is 2. The highest BCUT2D eigenvalue weighted by atomic mass is 19.1. The number of fused-ring (bicyclic) bond motifs is 2. The zero-order chi connectivity index (χ0) is 18.7. The highest BCUT2D eigenvalue weighted by Crippen LogP contribution is 2.29. The predicted molar refractivity (Wildman–Crippen MR) is 101 cm³/mol. The van der Waals surface area contributed by atoms with Crippen LogP contribution in [-0.4, -0.2) is 27.4 Å². The lowest BCUT2D eigenvalue weighted by Crippen LogP contribution is -2.39. The first-order chi connectivity index (χ1) is 13.0. The first kappa shape index (κ1) is 15.6.